The Morgan fingerprint density at radius 3 is 3.00 bits per heavy atom. The first-order valence-corrected chi connectivity index (χ1v) is 4.68. The maximum Gasteiger partial charge on any atom is 0.152 e. The van der Waals surface area contributed by atoms with E-state index in [1.54, 1.807) is 10.9 Å². The number of rotatable bonds is 1. The molecular weight excluding hydrogens is 188 g/mol. The minimum atomic E-state index is 0.955. The normalized spacial score (nSPS) is 11.0. The molecule has 2 heterocycles. The Balaban J connectivity index is 2.32. The van der Waals surface area contributed by atoms with Crippen LogP contribution < -0.4 is 0 Å². The van der Waals surface area contributed by atoms with Crippen LogP contribution in [0.2, 0.25) is 0 Å². The molecule has 0 fully saturated rings. The van der Waals surface area contributed by atoms with Crippen molar-refractivity contribution in [3.8, 4) is 5.82 Å². The summed E-state index contributed by atoms with van der Waals surface area (Å²) in [4.78, 5) is 0. The fraction of sp³-hybridized carbons (Fsp3) is 0.0909. The maximum absolute atomic E-state index is 4.33. The van der Waals surface area contributed by atoms with E-state index >= 15 is 0 Å². The van der Waals surface area contributed by atoms with Crippen LogP contribution >= 0.6 is 0 Å². The molecule has 2 aromatic heterocycles. The molecule has 1 radical (unpaired) electrons. The fourth-order valence-corrected chi connectivity index (χ4v) is 1.67. The molecule has 0 amide bonds. The highest BCUT2D eigenvalue weighted by atomic mass is 15.4. The second-order valence-corrected chi connectivity index (χ2v) is 3.35. The summed E-state index contributed by atoms with van der Waals surface area (Å²) in [6.45, 7) is 0. The van der Waals surface area contributed by atoms with Crippen molar-refractivity contribution < 1.29 is 0 Å². The predicted octanol–water partition coefficient (Wildman–Crippen LogP) is 1.56. The van der Waals surface area contributed by atoms with Crippen LogP contribution in [0.5, 0.6) is 0 Å². The number of fused-ring (bicyclic) bond motifs is 1. The highest BCUT2D eigenvalue weighted by Gasteiger charge is 2.06. The van der Waals surface area contributed by atoms with Crippen molar-refractivity contribution in [3.63, 3.8) is 0 Å². The molecule has 3 rings (SSSR count). The van der Waals surface area contributed by atoms with Gasteiger partial charge in [0.2, 0.25) is 0 Å². The fourth-order valence-electron chi connectivity index (χ4n) is 1.67. The van der Waals surface area contributed by atoms with Crippen LogP contribution in [-0.2, 0) is 7.05 Å². The Bertz CT molecular complexity index is 606. The quantitative estimate of drug-likeness (QED) is 0.593. The lowest BCUT2D eigenvalue weighted by Crippen LogP contribution is -2.03. The molecule has 73 valence electrons. The molecule has 4 heteroatoms. The number of aromatic nitrogens is 4. The minimum Gasteiger partial charge on any atom is -0.251 e. The molecule has 0 unspecified atom stereocenters. The summed E-state index contributed by atoms with van der Waals surface area (Å²) < 4.78 is 3.67. The van der Waals surface area contributed by atoms with Gasteiger partial charge in [-0.3, -0.25) is 4.68 Å². The first kappa shape index (κ1) is 8.23. The average Bonchev–Trinajstić information content (AvgIpc) is 2.83. The zero-order valence-electron chi connectivity index (χ0n) is 8.25. The van der Waals surface area contributed by atoms with Gasteiger partial charge < -0.3 is 0 Å². The van der Waals surface area contributed by atoms with E-state index in [1.165, 1.54) is 0 Å². The average molecular weight is 197 g/mol. The molecular formula is C11H9N4. The molecule has 0 saturated carbocycles. The smallest absolute Gasteiger partial charge is 0.152 e. The van der Waals surface area contributed by atoms with E-state index in [4.69, 9.17) is 0 Å². The SMILES string of the molecule is Cn1nccc1-n1ncc2c[c]ccc21. The molecule has 0 atom stereocenters. The van der Waals surface area contributed by atoms with Crippen LogP contribution in [0.15, 0.2) is 36.7 Å². The molecule has 0 aliphatic heterocycles. The summed E-state index contributed by atoms with van der Waals surface area (Å²) in [6.07, 6.45) is 3.59. The van der Waals surface area contributed by atoms with Crippen LogP contribution in [0, 0.1) is 6.07 Å². The van der Waals surface area contributed by atoms with Gasteiger partial charge in [0.1, 0.15) is 0 Å². The second-order valence-electron chi connectivity index (χ2n) is 3.35. The van der Waals surface area contributed by atoms with Gasteiger partial charge in [-0.2, -0.15) is 10.2 Å². The molecule has 0 spiro atoms. The molecule has 1 aromatic carbocycles. The molecule has 0 aliphatic rings. The molecule has 3 aromatic rings. The second kappa shape index (κ2) is 2.95. The first-order valence-electron chi connectivity index (χ1n) is 4.68. The van der Waals surface area contributed by atoms with Crippen molar-refractivity contribution in [1.82, 2.24) is 19.6 Å². The van der Waals surface area contributed by atoms with E-state index in [2.05, 4.69) is 16.3 Å². The number of hydrogen-bond donors (Lipinski definition) is 0. The summed E-state index contributed by atoms with van der Waals surface area (Å²) in [5, 5.41) is 9.54. The molecule has 4 nitrogen and oxygen atoms in total. The Labute approximate surface area is 86.7 Å². The maximum atomic E-state index is 4.33. The van der Waals surface area contributed by atoms with Crippen molar-refractivity contribution in [2.75, 3.05) is 0 Å². The molecule has 0 bridgehead atoms. The standard InChI is InChI=1S/C11H9N4/c1-14-11(6-7-12-14)15-10-5-3-2-4-9(10)8-13-15/h3-8H,1H3. The van der Waals surface area contributed by atoms with E-state index in [1.807, 2.05) is 42.2 Å². The van der Waals surface area contributed by atoms with Gasteiger partial charge in [0.05, 0.1) is 17.9 Å². The summed E-state index contributed by atoms with van der Waals surface area (Å²) in [5.41, 5.74) is 1.07. The largest absolute Gasteiger partial charge is 0.251 e. The molecule has 0 saturated heterocycles. The van der Waals surface area contributed by atoms with Gasteiger partial charge >= 0.3 is 0 Å². The first-order chi connectivity index (χ1) is 7.36. The Kier molecular flexibility index (Phi) is 1.62. The monoisotopic (exact) mass is 197 g/mol. The highest BCUT2D eigenvalue weighted by molar-refractivity contribution is 5.79. The van der Waals surface area contributed by atoms with Gasteiger partial charge in [0.25, 0.3) is 0 Å². The Morgan fingerprint density at radius 1 is 1.27 bits per heavy atom. The number of nitrogens with zero attached hydrogens (tertiary/aromatic N) is 4. The Hall–Kier alpha value is -2.10. The number of benzene rings is 1. The summed E-state index contributed by atoms with van der Waals surface area (Å²) in [5.74, 6) is 0.955. The van der Waals surface area contributed by atoms with Crippen LogP contribution in [0.4, 0.5) is 0 Å². The van der Waals surface area contributed by atoms with Crippen LogP contribution in [0.1, 0.15) is 0 Å². The third-order valence-electron chi connectivity index (χ3n) is 2.42. The summed E-state index contributed by atoms with van der Waals surface area (Å²) in [7, 11) is 1.90. The van der Waals surface area contributed by atoms with Crippen molar-refractivity contribution in [1.29, 1.82) is 0 Å². The van der Waals surface area contributed by atoms with E-state index in [-0.39, 0.29) is 0 Å². The number of aryl methyl sites for hydroxylation is 1. The predicted molar refractivity (Wildman–Crippen MR) is 56.7 cm³/mol. The van der Waals surface area contributed by atoms with Crippen molar-refractivity contribution >= 4 is 10.9 Å². The molecule has 0 N–H and O–H groups in total. The molecule has 15 heavy (non-hydrogen) atoms. The Morgan fingerprint density at radius 2 is 2.20 bits per heavy atom. The van der Waals surface area contributed by atoms with Crippen LogP contribution in [0.3, 0.4) is 0 Å². The van der Waals surface area contributed by atoms with Gasteiger partial charge in [0, 0.05) is 18.5 Å². The van der Waals surface area contributed by atoms with E-state index in [9.17, 15) is 0 Å². The van der Waals surface area contributed by atoms with Crippen molar-refractivity contribution in [2.24, 2.45) is 7.05 Å². The van der Waals surface area contributed by atoms with Gasteiger partial charge in [-0.05, 0) is 18.2 Å². The van der Waals surface area contributed by atoms with Gasteiger partial charge in [-0.1, -0.05) is 6.07 Å². The number of hydrogen-bond acceptors (Lipinski definition) is 2. The van der Waals surface area contributed by atoms with E-state index in [0.717, 1.165) is 16.7 Å². The van der Waals surface area contributed by atoms with Gasteiger partial charge in [-0.15, -0.1) is 0 Å². The van der Waals surface area contributed by atoms with Crippen LogP contribution in [0.25, 0.3) is 16.7 Å². The van der Waals surface area contributed by atoms with Gasteiger partial charge in [0.15, 0.2) is 5.82 Å². The lowest BCUT2D eigenvalue weighted by molar-refractivity contribution is 0.708. The van der Waals surface area contributed by atoms with Gasteiger partial charge in [-0.25, -0.2) is 4.68 Å². The van der Waals surface area contributed by atoms with E-state index < -0.39 is 0 Å². The van der Waals surface area contributed by atoms with Crippen molar-refractivity contribution in [2.45, 2.75) is 0 Å². The van der Waals surface area contributed by atoms with E-state index in [0.29, 0.717) is 0 Å². The zero-order valence-corrected chi connectivity index (χ0v) is 8.25. The lowest BCUT2D eigenvalue weighted by Gasteiger charge is -2.02. The van der Waals surface area contributed by atoms with Crippen LogP contribution in [-0.4, -0.2) is 19.6 Å². The minimum absolute atomic E-state index is 0.955. The molecule has 0 aliphatic carbocycles. The topological polar surface area (TPSA) is 35.6 Å². The zero-order chi connectivity index (χ0) is 10.3. The summed E-state index contributed by atoms with van der Waals surface area (Å²) >= 11 is 0. The highest BCUT2D eigenvalue weighted by Crippen LogP contribution is 2.16. The van der Waals surface area contributed by atoms with Crippen molar-refractivity contribution in [3.05, 3.63) is 42.7 Å². The third kappa shape index (κ3) is 1.15. The summed E-state index contributed by atoms with van der Waals surface area (Å²) in [6, 6.07) is 10.8. The third-order valence-corrected chi connectivity index (χ3v) is 2.42. The lowest BCUT2D eigenvalue weighted by atomic mass is 10.3.